The SMILES string of the molecule is Cc1nc(OCc2nc3ccccc3s2)cc(-n2nc(N)nc2Cc2ccc(Cl)cc2Br)n1. The van der Waals surface area contributed by atoms with E-state index in [-0.39, 0.29) is 5.95 Å². The number of aryl methyl sites for hydroxylation is 1. The predicted octanol–water partition coefficient (Wildman–Crippen LogP) is 5.14. The van der Waals surface area contributed by atoms with E-state index in [2.05, 4.69) is 41.0 Å². The molecule has 2 N–H and O–H groups in total. The molecule has 0 fully saturated rings. The van der Waals surface area contributed by atoms with Gasteiger partial charge in [0.15, 0.2) is 5.82 Å². The molecule has 0 aliphatic rings. The van der Waals surface area contributed by atoms with E-state index in [4.69, 9.17) is 22.1 Å². The van der Waals surface area contributed by atoms with Gasteiger partial charge >= 0.3 is 0 Å². The molecule has 166 valence electrons. The van der Waals surface area contributed by atoms with Crippen LogP contribution in [0.1, 0.15) is 22.2 Å². The van der Waals surface area contributed by atoms with E-state index in [0.717, 1.165) is 25.3 Å². The summed E-state index contributed by atoms with van der Waals surface area (Å²) in [7, 11) is 0. The second kappa shape index (κ2) is 9.05. The lowest BCUT2D eigenvalue weighted by molar-refractivity contribution is 0.292. The van der Waals surface area contributed by atoms with E-state index in [1.165, 1.54) is 0 Å². The standard InChI is InChI=1S/C22H17BrClN7OS/c1-12-26-19(10-20(27-12)32-11-21-28-16-4-2-3-5-17(16)33-21)31-18(29-22(25)30-31)8-13-6-7-14(24)9-15(13)23/h2-7,9-10H,8,11H2,1H3,(H2,25,30). The summed E-state index contributed by atoms with van der Waals surface area (Å²) >= 11 is 11.2. The molecule has 5 aromatic rings. The quantitative estimate of drug-likeness (QED) is 0.317. The van der Waals surface area contributed by atoms with Crippen LogP contribution in [0.4, 0.5) is 5.95 Å². The Morgan fingerprint density at radius 1 is 1.09 bits per heavy atom. The molecule has 0 aliphatic heterocycles. The molecule has 3 heterocycles. The molecule has 8 nitrogen and oxygen atoms in total. The number of hydrogen-bond donors (Lipinski definition) is 1. The Morgan fingerprint density at radius 2 is 1.94 bits per heavy atom. The first-order valence-corrected chi connectivity index (χ1v) is 11.9. The molecule has 11 heteroatoms. The molecule has 0 spiro atoms. The molecule has 33 heavy (non-hydrogen) atoms. The molecular weight excluding hydrogens is 526 g/mol. The summed E-state index contributed by atoms with van der Waals surface area (Å²) in [5.74, 6) is 2.27. The second-order valence-corrected chi connectivity index (χ2v) is 9.59. The number of para-hydroxylation sites is 1. The minimum Gasteiger partial charge on any atom is -0.470 e. The largest absolute Gasteiger partial charge is 0.470 e. The fourth-order valence-electron chi connectivity index (χ4n) is 3.32. The van der Waals surface area contributed by atoms with Crippen molar-refractivity contribution in [1.29, 1.82) is 0 Å². The van der Waals surface area contributed by atoms with Gasteiger partial charge in [0, 0.05) is 22.0 Å². The van der Waals surface area contributed by atoms with Gasteiger partial charge in [0.2, 0.25) is 11.8 Å². The predicted molar refractivity (Wildman–Crippen MR) is 132 cm³/mol. The number of nitrogens with two attached hydrogens (primary N) is 1. The molecule has 0 radical (unpaired) electrons. The fraction of sp³-hybridized carbons (Fsp3) is 0.136. The zero-order valence-corrected chi connectivity index (χ0v) is 20.5. The lowest BCUT2D eigenvalue weighted by atomic mass is 10.1. The Hall–Kier alpha value is -3.08. The Labute approximate surface area is 206 Å². The van der Waals surface area contributed by atoms with E-state index in [9.17, 15) is 0 Å². The Morgan fingerprint density at radius 3 is 2.76 bits per heavy atom. The van der Waals surface area contributed by atoms with Crippen molar-refractivity contribution in [2.45, 2.75) is 20.0 Å². The van der Waals surface area contributed by atoms with Crippen LogP contribution in [0.15, 0.2) is 53.0 Å². The highest BCUT2D eigenvalue weighted by atomic mass is 79.9. The van der Waals surface area contributed by atoms with Gasteiger partial charge in [-0.1, -0.05) is 45.7 Å². The van der Waals surface area contributed by atoms with Crippen LogP contribution in [0.2, 0.25) is 5.02 Å². The minimum atomic E-state index is 0.156. The van der Waals surface area contributed by atoms with Crippen molar-refractivity contribution in [2.75, 3.05) is 5.73 Å². The van der Waals surface area contributed by atoms with E-state index < -0.39 is 0 Å². The zero-order chi connectivity index (χ0) is 22.9. The van der Waals surface area contributed by atoms with Crippen LogP contribution in [-0.4, -0.2) is 29.7 Å². The van der Waals surface area contributed by atoms with Gasteiger partial charge in [0.1, 0.15) is 23.3 Å². The van der Waals surface area contributed by atoms with Crippen molar-refractivity contribution < 1.29 is 4.74 Å². The van der Waals surface area contributed by atoms with Crippen LogP contribution in [0.3, 0.4) is 0 Å². The number of halogens is 2. The highest BCUT2D eigenvalue weighted by molar-refractivity contribution is 9.10. The number of fused-ring (bicyclic) bond motifs is 1. The van der Waals surface area contributed by atoms with Crippen molar-refractivity contribution in [3.8, 4) is 11.7 Å². The molecule has 0 unspecified atom stereocenters. The van der Waals surface area contributed by atoms with Gasteiger partial charge < -0.3 is 10.5 Å². The third-order valence-corrected chi connectivity index (χ3v) is 6.74. The summed E-state index contributed by atoms with van der Waals surface area (Å²) in [5.41, 5.74) is 7.87. The third-order valence-electron chi connectivity index (χ3n) is 4.75. The van der Waals surface area contributed by atoms with Crippen LogP contribution in [0.25, 0.3) is 16.0 Å². The van der Waals surface area contributed by atoms with Crippen molar-refractivity contribution >= 4 is 55.0 Å². The normalized spacial score (nSPS) is 11.2. The molecule has 0 saturated carbocycles. The van der Waals surface area contributed by atoms with Gasteiger partial charge in [0.05, 0.1) is 10.2 Å². The molecule has 0 atom stereocenters. The van der Waals surface area contributed by atoms with Crippen LogP contribution in [0.5, 0.6) is 5.88 Å². The van der Waals surface area contributed by atoms with Gasteiger partial charge in [-0.2, -0.15) is 14.6 Å². The summed E-state index contributed by atoms with van der Waals surface area (Å²) in [6.07, 6.45) is 0.479. The Bertz CT molecular complexity index is 1440. The summed E-state index contributed by atoms with van der Waals surface area (Å²) in [6.45, 7) is 2.10. The zero-order valence-electron chi connectivity index (χ0n) is 17.4. The van der Waals surface area contributed by atoms with Crippen LogP contribution < -0.4 is 10.5 Å². The molecule has 3 aromatic heterocycles. The molecule has 0 bridgehead atoms. The maximum absolute atomic E-state index is 6.07. The first-order valence-electron chi connectivity index (χ1n) is 9.93. The number of nitrogen functional groups attached to an aromatic ring is 1. The molecule has 0 amide bonds. The number of hydrogen-bond acceptors (Lipinski definition) is 8. The van der Waals surface area contributed by atoms with E-state index in [0.29, 0.717) is 41.4 Å². The summed E-state index contributed by atoms with van der Waals surface area (Å²) < 4.78 is 9.54. The number of ether oxygens (including phenoxy) is 1. The summed E-state index contributed by atoms with van der Waals surface area (Å²) in [6, 6.07) is 15.3. The van der Waals surface area contributed by atoms with Gasteiger partial charge in [-0.25, -0.2) is 9.97 Å². The van der Waals surface area contributed by atoms with Crippen LogP contribution in [0, 0.1) is 6.92 Å². The number of nitrogens with zero attached hydrogens (tertiary/aromatic N) is 6. The molecular formula is C22H17BrClN7OS. The number of aromatic nitrogens is 6. The monoisotopic (exact) mass is 541 g/mol. The number of anilines is 1. The van der Waals surface area contributed by atoms with Gasteiger partial charge in [-0.3, -0.25) is 0 Å². The maximum Gasteiger partial charge on any atom is 0.240 e. The molecule has 5 rings (SSSR count). The fourth-order valence-corrected chi connectivity index (χ4v) is 5.02. The van der Waals surface area contributed by atoms with Crippen LogP contribution in [-0.2, 0) is 13.0 Å². The molecule has 0 aliphatic carbocycles. The topological polar surface area (TPSA) is 105 Å². The minimum absolute atomic E-state index is 0.156. The Kier molecular flexibility index (Phi) is 5.96. The summed E-state index contributed by atoms with van der Waals surface area (Å²) in [4.78, 5) is 17.9. The number of thiazole rings is 1. The lowest BCUT2D eigenvalue weighted by Crippen LogP contribution is -2.09. The van der Waals surface area contributed by atoms with Crippen molar-refractivity contribution in [3.05, 3.63) is 80.2 Å². The lowest BCUT2D eigenvalue weighted by Gasteiger charge is -2.09. The van der Waals surface area contributed by atoms with Gasteiger partial charge in [0.25, 0.3) is 0 Å². The average molecular weight is 543 g/mol. The molecule has 2 aromatic carbocycles. The van der Waals surface area contributed by atoms with E-state index in [1.54, 1.807) is 29.0 Å². The highest BCUT2D eigenvalue weighted by Crippen LogP contribution is 2.26. The van der Waals surface area contributed by atoms with Crippen molar-refractivity contribution in [2.24, 2.45) is 0 Å². The number of rotatable bonds is 6. The van der Waals surface area contributed by atoms with E-state index in [1.807, 2.05) is 42.5 Å². The van der Waals surface area contributed by atoms with Crippen molar-refractivity contribution in [1.82, 2.24) is 29.7 Å². The second-order valence-electron chi connectivity index (χ2n) is 7.19. The van der Waals surface area contributed by atoms with Crippen LogP contribution >= 0.6 is 38.9 Å². The maximum atomic E-state index is 6.07. The smallest absolute Gasteiger partial charge is 0.240 e. The van der Waals surface area contributed by atoms with Gasteiger partial charge in [-0.15, -0.1) is 16.4 Å². The van der Waals surface area contributed by atoms with E-state index >= 15 is 0 Å². The first kappa shape index (κ1) is 21.7. The van der Waals surface area contributed by atoms with Gasteiger partial charge in [-0.05, 0) is 36.8 Å². The third kappa shape index (κ3) is 4.82. The Balaban J connectivity index is 1.41. The summed E-state index contributed by atoms with van der Waals surface area (Å²) in [5, 5.41) is 5.85. The highest BCUT2D eigenvalue weighted by Gasteiger charge is 2.16. The average Bonchev–Trinajstić information content (AvgIpc) is 3.36. The molecule has 0 saturated heterocycles. The number of benzene rings is 2. The van der Waals surface area contributed by atoms with Crippen molar-refractivity contribution in [3.63, 3.8) is 0 Å². The first-order chi connectivity index (χ1) is 15.9.